The molecular weight excluding hydrogens is 232 g/mol. The van der Waals surface area contributed by atoms with E-state index in [9.17, 15) is 4.79 Å². The summed E-state index contributed by atoms with van der Waals surface area (Å²) >= 11 is 0. The number of carbonyl (C=O) groups excluding carboxylic acids is 1. The van der Waals surface area contributed by atoms with Crippen LogP contribution in [0.5, 0.6) is 5.88 Å². The molecule has 0 aromatic carbocycles. The molecule has 1 aromatic heterocycles. The first-order valence-electron chi connectivity index (χ1n) is 5.98. The maximum absolute atomic E-state index is 11.7. The van der Waals surface area contributed by atoms with Gasteiger partial charge < -0.3 is 15.0 Å². The Hall–Kier alpha value is -1.85. The lowest BCUT2D eigenvalue weighted by Crippen LogP contribution is -2.37. The highest BCUT2D eigenvalue weighted by Crippen LogP contribution is 2.09. The molecule has 1 unspecified atom stereocenters. The Morgan fingerprint density at radius 1 is 1.56 bits per heavy atom. The molecular formula is C12H20N4O2. The van der Waals surface area contributed by atoms with Crippen LogP contribution < -0.4 is 10.1 Å². The fraction of sp³-hybridized carbons (Fsp3) is 0.583. The second-order valence-electron chi connectivity index (χ2n) is 4.17. The van der Waals surface area contributed by atoms with Gasteiger partial charge in [0, 0.05) is 26.4 Å². The van der Waals surface area contributed by atoms with Gasteiger partial charge in [-0.05, 0) is 13.3 Å². The number of nitrogens with one attached hydrogen (secondary N) is 1. The van der Waals surface area contributed by atoms with Gasteiger partial charge in [-0.25, -0.2) is 4.98 Å². The van der Waals surface area contributed by atoms with E-state index in [-0.39, 0.29) is 11.9 Å². The van der Waals surface area contributed by atoms with Gasteiger partial charge in [-0.2, -0.15) is 4.98 Å². The van der Waals surface area contributed by atoms with Crippen molar-refractivity contribution in [3.05, 3.63) is 12.3 Å². The Morgan fingerprint density at radius 2 is 2.28 bits per heavy atom. The van der Waals surface area contributed by atoms with E-state index in [0.29, 0.717) is 18.4 Å². The molecule has 1 heterocycles. The molecule has 1 amide bonds. The van der Waals surface area contributed by atoms with E-state index in [1.165, 1.54) is 4.90 Å². The van der Waals surface area contributed by atoms with Crippen LogP contribution in [-0.2, 0) is 4.79 Å². The van der Waals surface area contributed by atoms with Crippen LogP contribution in [0.25, 0.3) is 0 Å². The highest BCUT2D eigenvalue weighted by Gasteiger charge is 2.15. The van der Waals surface area contributed by atoms with Gasteiger partial charge in [0.15, 0.2) is 0 Å². The summed E-state index contributed by atoms with van der Waals surface area (Å²) in [6.45, 7) is 4.41. The lowest BCUT2D eigenvalue weighted by atomic mass is 10.3. The highest BCUT2D eigenvalue weighted by atomic mass is 16.5. The van der Waals surface area contributed by atoms with Crippen molar-refractivity contribution in [2.24, 2.45) is 0 Å². The number of rotatable bonds is 6. The Labute approximate surface area is 107 Å². The zero-order chi connectivity index (χ0) is 13.5. The number of hydrogen-bond acceptors (Lipinski definition) is 5. The number of amides is 1. The van der Waals surface area contributed by atoms with E-state index in [0.717, 1.165) is 6.42 Å². The minimum atomic E-state index is -0.374. The summed E-state index contributed by atoms with van der Waals surface area (Å²) < 4.78 is 5.40. The third-order valence-electron chi connectivity index (χ3n) is 2.24. The highest BCUT2D eigenvalue weighted by molar-refractivity contribution is 5.83. The number of ether oxygens (including phenoxy) is 1. The molecule has 6 heteroatoms. The van der Waals surface area contributed by atoms with Gasteiger partial charge in [-0.1, -0.05) is 6.92 Å². The molecule has 0 aliphatic heterocycles. The molecule has 1 atom stereocenters. The smallest absolute Gasteiger partial charge is 0.244 e. The van der Waals surface area contributed by atoms with Gasteiger partial charge in [0.2, 0.25) is 17.7 Å². The van der Waals surface area contributed by atoms with Crippen molar-refractivity contribution in [3.8, 4) is 5.88 Å². The monoisotopic (exact) mass is 252 g/mol. The molecule has 0 radical (unpaired) electrons. The lowest BCUT2D eigenvalue weighted by molar-refractivity contribution is -0.129. The Morgan fingerprint density at radius 3 is 2.89 bits per heavy atom. The number of nitrogens with zero attached hydrogens (tertiary/aromatic N) is 3. The predicted molar refractivity (Wildman–Crippen MR) is 69.6 cm³/mol. The molecule has 1 rings (SSSR count). The standard InChI is InChI=1S/C12H20N4O2/c1-5-8-18-10-6-7-13-12(15-10)14-9(2)11(17)16(3)4/h6-7,9H,5,8H2,1-4H3,(H,13,14,15). The maximum atomic E-state index is 11.7. The average molecular weight is 252 g/mol. The molecule has 1 N–H and O–H groups in total. The van der Waals surface area contributed by atoms with Gasteiger partial charge in [-0.15, -0.1) is 0 Å². The summed E-state index contributed by atoms with van der Waals surface area (Å²) in [5.41, 5.74) is 0. The van der Waals surface area contributed by atoms with Gasteiger partial charge in [0.25, 0.3) is 0 Å². The zero-order valence-electron chi connectivity index (χ0n) is 11.3. The van der Waals surface area contributed by atoms with Crippen molar-refractivity contribution in [2.75, 3.05) is 26.0 Å². The molecule has 100 valence electrons. The zero-order valence-corrected chi connectivity index (χ0v) is 11.3. The van der Waals surface area contributed by atoms with Gasteiger partial charge in [0.1, 0.15) is 6.04 Å². The van der Waals surface area contributed by atoms with E-state index in [1.807, 2.05) is 6.92 Å². The predicted octanol–water partition coefficient (Wildman–Crippen LogP) is 1.15. The largest absolute Gasteiger partial charge is 0.478 e. The van der Waals surface area contributed by atoms with Crippen molar-refractivity contribution in [1.82, 2.24) is 14.9 Å². The van der Waals surface area contributed by atoms with Crippen LogP contribution in [0.2, 0.25) is 0 Å². The number of hydrogen-bond donors (Lipinski definition) is 1. The van der Waals surface area contributed by atoms with E-state index in [2.05, 4.69) is 15.3 Å². The van der Waals surface area contributed by atoms with E-state index in [4.69, 9.17) is 4.74 Å². The number of aromatic nitrogens is 2. The minimum Gasteiger partial charge on any atom is -0.478 e. The summed E-state index contributed by atoms with van der Waals surface area (Å²) in [5, 5.41) is 2.95. The van der Waals surface area contributed by atoms with Crippen LogP contribution in [-0.4, -0.2) is 47.5 Å². The van der Waals surface area contributed by atoms with Crippen molar-refractivity contribution in [3.63, 3.8) is 0 Å². The third-order valence-corrected chi connectivity index (χ3v) is 2.24. The Kier molecular flexibility index (Phi) is 5.35. The van der Waals surface area contributed by atoms with Crippen LogP contribution in [0.15, 0.2) is 12.3 Å². The summed E-state index contributed by atoms with van der Waals surface area (Å²) in [5.74, 6) is 0.878. The van der Waals surface area contributed by atoms with E-state index in [1.54, 1.807) is 33.3 Å². The quantitative estimate of drug-likeness (QED) is 0.822. The molecule has 0 saturated carbocycles. The normalized spacial score (nSPS) is 11.8. The fourth-order valence-electron chi connectivity index (χ4n) is 1.34. The molecule has 18 heavy (non-hydrogen) atoms. The molecule has 0 fully saturated rings. The van der Waals surface area contributed by atoms with E-state index >= 15 is 0 Å². The van der Waals surface area contributed by atoms with Crippen LogP contribution in [0.1, 0.15) is 20.3 Å². The number of carbonyl (C=O) groups is 1. The molecule has 0 spiro atoms. The SMILES string of the molecule is CCCOc1ccnc(NC(C)C(=O)N(C)C)n1. The molecule has 1 aromatic rings. The second kappa shape index (κ2) is 6.78. The molecule has 0 aliphatic rings. The van der Waals surface area contributed by atoms with Crippen LogP contribution in [0.3, 0.4) is 0 Å². The van der Waals surface area contributed by atoms with Crippen LogP contribution in [0, 0.1) is 0 Å². The first-order chi connectivity index (χ1) is 8.54. The molecule has 0 aliphatic carbocycles. The number of likely N-dealkylation sites (N-methyl/N-ethyl adjacent to an activating group) is 1. The Balaban J connectivity index is 2.64. The molecule has 6 nitrogen and oxygen atoms in total. The molecule has 0 bridgehead atoms. The average Bonchev–Trinajstić information content (AvgIpc) is 2.35. The van der Waals surface area contributed by atoms with Crippen LogP contribution in [0.4, 0.5) is 5.95 Å². The van der Waals surface area contributed by atoms with Crippen molar-refractivity contribution in [1.29, 1.82) is 0 Å². The number of anilines is 1. The van der Waals surface area contributed by atoms with E-state index < -0.39 is 0 Å². The Bertz CT molecular complexity index is 395. The summed E-state index contributed by atoms with van der Waals surface area (Å²) in [6.07, 6.45) is 2.52. The van der Waals surface area contributed by atoms with Gasteiger partial charge in [-0.3, -0.25) is 4.79 Å². The maximum Gasteiger partial charge on any atom is 0.244 e. The molecule has 0 saturated heterocycles. The van der Waals surface area contributed by atoms with Crippen molar-refractivity contribution < 1.29 is 9.53 Å². The van der Waals surface area contributed by atoms with Crippen LogP contribution >= 0.6 is 0 Å². The van der Waals surface area contributed by atoms with Gasteiger partial charge in [0.05, 0.1) is 6.61 Å². The lowest BCUT2D eigenvalue weighted by Gasteiger charge is -2.17. The first-order valence-corrected chi connectivity index (χ1v) is 5.98. The summed E-state index contributed by atoms with van der Waals surface area (Å²) in [7, 11) is 3.42. The second-order valence-corrected chi connectivity index (χ2v) is 4.17. The third kappa shape index (κ3) is 4.20. The van der Waals surface area contributed by atoms with Crippen molar-refractivity contribution >= 4 is 11.9 Å². The first kappa shape index (κ1) is 14.2. The minimum absolute atomic E-state index is 0.0292. The topological polar surface area (TPSA) is 67.3 Å². The summed E-state index contributed by atoms with van der Waals surface area (Å²) in [4.78, 5) is 21.4. The fourth-order valence-corrected chi connectivity index (χ4v) is 1.34. The van der Waals surface area contributed by atoms with Gasteiger partial charge >= 0.3 is 0 Å². The van der Waals surface area contributed by atoms with Crippen molar-refractivity contribution in [2.45, 2.75) is 26.3 Å². The summed E-state index contributed by atoms with van der Waals surface area (Å²) in [6, 6.07) is 1.32.